The van der Waals surface area contributed by atoms with Crippen molar-refractivity contribution in [2.75, 3.05) is 13.1 Å². The van der Waals surface area contributed by atoms with Crippen LogP contribution < -0.4 is 0 Å². The summed E-state index contributed by atoms with van der Waals surface area (Å²) in [7, 11) is 0. The predicted molar refractivity (Wildman–Crippen MR) is 90.7 cm³/mol. The fraction of sp³-hybridized carbons (Fsp3) is 0.412. The lowest BCUT2D eigenvalue weighted by atomic mass is 10.1. The molecule has 0 spiro atoms. The van der Waals surface area contributed by atoms with Crippen LogP contribution in [0.25, 0.3) is 5.57 Å². The number of ether oxygens (including phenoxy) is 1. The number of carbonyl (C=O) groups excluding carboxylic acids is 1. The maximum atomic E-state index is 12.3. The number of amides is 1. The van der Waals surface area contributed by atoms with Crippen molar-refractivity contribution >= 4 is 28.4 Å². The van der Waals surface area contributed by atoms with Crippen LogP contribution in [0.4, 0.5) is 0 Å². The number of morpholine rings is 1. The molecule has 0 saturated carbocycles. The number of benzene rings is 1. The van der Waals surface area contributed by atoms with Crippen molar-refractivity contribution in [2.24, 2.45) is 4.99 Å². The fourth-order valence-corrected chi connectivity index (χ4v) is 3.81. The van der Waals surface area contributed by atoms with E-state index in [4.69, 9.17) is 4.74 Å². The Kier molecular flexibility index (Phi) is 4.36. The van der Waals surface area contributed by atoms with Gasteiger partial charge >= 0.3 is 0 Å². The van der Waals surface area contributed by atoms with Crippen molar-refractivity contribution in [3.05, 3.63) is 40.8 Å². The minimum Gasteiger partial charge on any atom is -0.372 e. The zero-order chi connectivity index (χ0) is 15.7. The minimum atomic E-state index is -0.131. The van der Waals surface area contributed by atoms with E-state index in [-0.39, 0.29) is 18.1 Å². The molecule has 3 rings (SSSR count). The Balaban J connectivity index is 1.82. The lowest BCUT2D eigenvalue weighted by Gasteiger charge is -2.35. The van der Waals surface area contributed by atoms with Crippen molar-refractivity contribution in [3.63, 3.8) is 0 Å². The Morgan fingerprint density at radius 1 is 1.23 bits per heavy atom. The second-order valence-electron chi connectivity index (χ2n) is 5.78. The first-order valence-electron chi connectivity index (χ1n) is 7.52. The molecule has 0 N–H and O–H groups in total. The van der Waals surface area contributed by atoms with E-state index in [0.29, 0.717) is 0 Å². The summed E-state index contributed by atoms with van der Waals surface area (Å²) < 4.78 is 5.74. The zero-order valence-electron chi connectivity index (χ0n) is 13.1. The highest BCUT2D eigenvalue weighted by atomic mass is 32.2. The van der Waals surface area contributed by atoms with Crippen LogP contribution in [0.1, 0.15) is 26.3 Å². The second-order valence-corrected chi connectivity index (χ2v) is 6.76. The lowest BCUT2D eigenvalue weighted by molar-refractivity contribution is -0.113. The van der Waals surface area contributed by atoms with Gasteiger partial charge in [-0.2, -0.15) is 4.99 Å². The van der Waals surface area contributed by atoms with Gasteiger partial charge in [0.05, 0.1) is 17.1 Å². The Morgan fingerprint density at radius 2 is 1.86 bits per heavy atom. The Morgan fingerprint density at radius 3 is 2.50 bits per heavy atom. The summed E-state index contributed by atoms with van der Waals surface area (Å²) in [5.41, 5.74) is 2.06. The highest BCUT2D eigenvalue weighted by Crippen LogP contribution is 2.35. The number of allylic oxidation sites excluding steroid dienone is 1. The molecule has 2 aliphatic heterocycles. The minimum absolute atomic E-state index is 0.131. The molecule has 1 aromatic rings. The van der Waals surface area contributed by atoms with Crippen LogP contribution in [0, 0.1) is 0 Å². The molecule has 4 nitrogen and oxygen atoms in total. The Bertz CT molecular complexity index is 629. The summed E-state index contributed by atoms with van der Waals surface area (Å²) in [5, 5.41) is 0.803. The molecule has 1 saturated heterocycles. The average Bonchev–Trinajstić information content (AvgIpc) is 2.88. The highest BCUT2D eigenvalue weighted by molar-refractivity contribution is 8.18. The van der Waals surface area contributed by atoms with Gasteiger partial charge in [-0.05, 0) is 43.7 Å². The lowest BCUT2D eigenvalue weighted by Crippen LogP contribution is -2.47. The molecule has 0 bridgehead atoms. The summed E-state index contributed by atoms with van der Waals surface area (Å²) in [6.07, 6.45) is 0.316. The molecule has 1 fully saturated rings. The SMILES string of the molecule is C/C(=C1/SC(N2C[C@@H](C)O[C@@H](C)C2)=NC1=O)c1ccccc1. The maximum Gasteiger partial charge on any atom is 0.286 e. The molecule has 1 aromatic carbocycles. The van der Waals surface area contributed by atoms with Gasteiger partial charge in [-0.15, -0.1) is 0 Å². The molecule has 2 atom stereocenters. The fourth-order valence-electron chi connectivity index (χ4n) is 2.82. The summed E-state index contributed by atoms with van der Waals surface area (Å²) in [4.78, 5) is 19.4. The van der Waals surface area contributed by atoms with Crippen LogP contribution in [-0.4, -0.2) is 41.3 Å². The maximum absolute atomic E-state index is 12.3. The summed E-state index contributed by atoms with van der Waals surface area (Å²) in [6.45, 7) is 7.65. The van der Waals surface area contributed by atoms with Crippen molar-refractivity contribution in [1.82, 2.24) is 4.90 Å². The average molecular weight is 316 g/mol. The number of carbonyl (C=O) groups is 1. The topological polar surface area (TPSA) is 41.9 Å². The molecular formula is C17H20N2O2S. The van der Waals surface area contributed by atoms with Crippen molar-refractivity contribution in [2.45, 2.75) is 33.0 Å². The molecule has 0 aliphatic carbocycles. The van der Waals surface area contributed by atoms with E-state index in [0.717, 1.165) is 34.3 Å². The van der Waals surface area contributed by atoms with Gasteiger partial charge in [0.2, 0.25) is 0 Å². The zero-order valence-corrected chi connectivity index (χ0v) is 13.9. The van der Waals surface area contributed by atoms with E-state index in [9.17, 15) is 4.79 Å². The third-order valence-corrected chi connectivity index (χ3v) is 5.04. The number of aliphatic imine (C=N–C) groups is 1. The first kappa shape index (κ1) is 15.3. The van der Waals surface area contributed by atoms with Crippen molar-refractivity contribution < 1.29 is 9.53 Å². The molecule has 0 radical (unpaired) electrons. The van der Waals surface area contributed by atoms with Crippen LogP contribution in [-0.2, 0) is 9.53 Å². The quantitative estimate of drug-likeness (QED) is 0.746. The van der Waals surface area contributed by atoms with Crippen LogP contribution in [0.5, 0.6) is 0 Å². The normalized spacial score (nSPS) is 27.9. The summed E-state index contributed by atoms with van der Waals surface area (Å²) in [6, 6.07) is 9.98. The largest absolute Gasteiger partial charge is 0.372 e. The molecular weight excluding hydrogens is 296 g/mol. The third-order valence-electron chi connectivity index (χ3n) is 3.82. The van der Waals surface area contributed by atoms with Crippen LogP contribution >= 0.6 is 11.8 Å². The smallest absolute Gasteiger partial charge is 0.286 e. The van der Waals surface area contributed by atoms with E-state index in [1.807, 2.05) is 37.3 Å². The summed E-state index contributed by atoms with van der Waals surface area (Å²) >= 11 is 1.48. The number of hydrogen-bond acceptors (Lipinski definition) is 4. The van der Waals surface area contributed by atoms with Gasteiger partial charge in [0.25, 0.3) is 5.91 Å². The van der Waals surface area contributed by atoms with Gasteiger partial charge in [0.15, 0.2) is 5.17 Å². The first-order valence-corrected chi connectivity index (χ1v) is 8.34. The van der Waals surface area contributed by atoms with E-state index in [1.165, 1.54) is 11.8 Å². The molecule has 22 heavy (non-hydrogen) atoms. The number of hydrogen-bond donors (Lipinski definition) is 0. The number of amidine groups is 1. The third kappa shape index (κ3) is 3.10. The van der Waals surface area contributed by atoms with Gasteiger partial charge in [-0.25, -0.2) is 0 Å². The monoisotopic (exact) mass is 316 g/mol. The van der Waals surface area contributed by atoms with E-state index < -0.39 is 0 Å². The van der Waals surface area contributed by atoms with Gasteiger partial charge in [0, 0.05) is 13.1 Å². The highest BCUT2D eigenvalue weighted by Gasteiger charge is 2.32. The molecule has 5 heteroatoms. The van der Waals surface area contributed by atoms with Crippen LogP contribution in [0.15, 0.2) is 40.2 Å². The Hall–Kier alpha value is -1.59. The molecule has 2 aliphatic rings. The second kappa shape index (κ2) is 6.26. The van der Waals surface area contributed by atoms with Crippen LogP contribution in [0.3, 0.4) is 0 Å². The molecule has 0 aromatic heterocycles. The molecule has 0 unspecified atom stereocenters. The number of nitrogens with zero attached hydrogens (tertiary/aromatic N) is 2. The molecule has 1 amide bonds. The van der Waals surface area contributed by atoms with Gasteiger partial charge in [0.1, 0.15) is 0 Å². The van der Waals surface area contributed by atoms with Crippen molar-refractivity contribution in [3.8, 4) is 0 Å². The first-order chi connectivity index (χ1) is 10.5. The number of thioether (sulfide) groups is 1. The molecule has 2 heterocycles. The van der Waals surface area contributed by atoms with Gasteiger partial charge < -0.3 is 9.64 Å². The van der Waals surface area contributed by atoms with Gasteiger partial charge in [-0.1, -0.05) is 30.3 Å². The van der Waals surface area contributed by atoms with E-state index in [1.54, 1.807) is 0 Å². The standard InChI is InChI=1S/C17H20N2O2S/c1-11-9-19(10-12(2)21-11)17-18-16(20)15(22-17)13(3)14-7-5-4-6-8-14/h4-8,11-12H,9-10H2,1-3H3/b15-13-/t11-,12+. The summed E-state index contributed by atoms with van der Waals surface area (Å²) in [5.74, 6) is -0.131. The van der Waals surface area contributed by atoms with Crippen LogP contribution in [0.2, 0.25) is 0 Å². The van der Waals surface area contributed by atoms with Crippen molar-refractivity contribution in [1.29, 1.82) is 0 Å². The van der Waals surface area contributed by atoms with E-state index in [2.05, 4.69) is 23.7 Å². The molecule has 116 valence electrons. The predicted octanol–water partition coefficient (Wildman–Crippen LogP) is 3.16. The number of rotatable bonds is 1. The Labute approximate surface area is 135 Å². The van der Waals surface area contributed by atoms with Gasteiger partial charge in [-0.3, -0.25) is 4.79 Å². The van der Waals surface area contributed by atoms with E-state index >= 15 is 0 Å².